The Morgan fingerprint density at radius 1 is 1.37 bits per heavy atom. The van der Waals surface area contributed by atoms with Crippen molar-refractivity contribution >= 4 is 22.4 Å². The highest BCUT2D eigenvalue weighted by molar-refractivity contribution is 6.08. The molecule has 0 saturated carbocycles. The molecule has 0 saturated heterocycles. The Bertz CT molecular complexity index is 616. The van der Waals surface area contributed by atoms with Crippen LogP contribution in [0, 0.1) is 10.1 Å². The average Bonchev–Trinajstić information content (AvgIpc) is 2.81. The highest BCUT2D eigenvalue weighted by Crippen LogP contribution is 2.24. The monoisotopic (exact) mass is 260 g/mol. The van der Waals surface area contributed by atoms with Gasteiger partial charge in [0.1, 0.15) is 0 Å². The molecule has 0 aliphatic rings. The number of nitrogens with one attached hydrogen (secondary N) is 1. The Morgan fingerprint density at radius 3 is 2.84 bits per heavy atom. The van der Waals surface area contributed by atoms with Gasteiger partial charge in [0.2, 0.25) is 0 Å². The Morgan fingerprint density at radius 2 is 2.16 bits per heavy atom. The lowest BCUT2D eigenvalue weighted by Gasteiger charge is -1.99. The molecule has 2 rings (SSSR count). The molecule has 0 amide bonds. The molecule has 0 unspecified atom stereocenters. The molecule has 100 valence electrons. The number of Topliss-reactive ketones (excluding diaryl/α,β-unsaturated/α-hetero) is 1. The number of aromatic nitrogens is 1. The van der Waals surface area contributed by atoms with Crippen molar-refractivity contribution in [3.05, 3.63) is 40.1 Å². The summed E-state index contributed by atoms with van der Waals surface area (Å²) in [6.45, 7) is 2.09. The number of hydrogen-bond donors (Lipinski definition) is 1. The minimum Gasteiger partial charge on any atom is -0.360 e. The van der Waals surface area contributed by atoms with E-state index in [0.717, 1.165) is 24.6 Å². The van der Waals surface area contributed by atoms with Crippen molar-refractivity contribution < 1.29 is 9.72 Å². The zero-order valence-corrected chi connectivity index (χ0v) is 10.8. The van der Waals surface area contributed by atoms with Crippen LogP contribution in [0.5, 0.6) is 0 Å². The van der Waals surface area contributed by atoms with Gasteiger partial charge in [0.05, 0.1) is 10.4 Å². The number of nitrogens with zero attached hydrogens (tertiary/aromatic N) is 1. The molecule has 1 aromatic heterocycles. The second-order valence-corrected chi connectivity index (χ2v) is 4.57. The van der Waals surface area contributed by atoms with Crippen LogP contribution < -0.4 is 0 Å². The van der Waals surface area contributed by atoms with E-state index in [-0.39, 0.29) is 11.5 Å². The van der Waals surface area contributed by atoms with Crippen molar-refractivity contribution in [3.63, 3.8) is 0 Å². The van der Waals surface area contributed by atoms with Crippen LogP contribution in [0.3, 0.4) is 0 Å². The number of rotatable bonds is 6. The molecule has 0 bridgehead atoms. The fourth-order valence-electron chi connectivity index (χ4n) is 2.13. The first-order chi connectivity index (χ1) is 9.13. The third-order valence-electron chi connectivity index (χ3n) is 3.18. The molecule has 0 radical (unpaired) electrons. The molecule has 0 atom stereocenters. The number of unbranched alkanes of at least 4 members (excludes halogenated alkanes) is 2. The Hall–Kier alpha value is -2.17. The first-order valence-electron chi connectivity index (χ1n) is 6.42. The summed E-state index contributed by atoms with van der Waals surface area (Å²) in [7, 11) is 0. The van der Waals surface area contributed by atoms with Gasteiger partial charge < -0.3 is 4.98 Å². The lowest BCUT2D eigenvalue weighted by molar-refractivity contribution is -0.384. The van der Waals surface area contributed by atoms with Crippen molar-refractivity contribution in [2.24, 2.45) is 0 Å². The number of aromatic amines is 1. The molecule has 0 fully saturated rings. The molecule has 1 aromatic carbocycles. The van der Waals surface area contributed by atoms with Crippen LogP contribution >= 0.6 is 0 Å². The van der Waals surface area contributed by atoms with Gasteiger partial charge in [0.25, 0.3) is 5.69 Å². The number of non-ortho nitro benzene ring substituents is 1. The first kappa shape index (κ1) is 13.3. The number of H-pyrrole nitrogens is 1. The maximum atomic E-state index is 12.1. The van der Waals surface area contributed by atoms with Gasteiger partial charge in [-0.25, -0.2) is 0 Å². The molecule has 5 heteroatoms. The van der Waals surface area contributed by atoms with E-state index in [4.69, 9.17) is 0 Å². The summed E-state index contributed by atoms with van der Waals surface area (Å²) in [6.07, 6.45) is 5.17. The van der Waals surface area contributed by atoms with Crippen LogP contribution in [0.2, 0.25) is 0 Å². The van der Waals surface area contributed by atoms with Gasteiger partial charge in [-0.15, -0.1) is 0 Å². The Kier molecular flexibility index (Phi) is 3.94. The summed E-state index contributed by atoms with van der Waals surface area (Å²) >= 11 is 0. The van der Waals surface area contributed by atoms with Crippen molar-refractivity contribution in [2.75, 3.05) is 0 Å². The summed E-state index contributed by atoms with van der Waals surface area (Å²) in [5, 5.41) is 11.4. The maximum absolute atomic E-state index is 12.1. The fraction of sp³-hybridized carbons (Fsp3) is 0.357. The van der Waals surface area contributed by atoms with E-state index in [1.165, 1.54) is 12.1 Å². The van der Waals surface area contributed by atoms with E-state index in [1.54, 1.807) is 12.3 Å². The van der Waals surface area contributed by atoms with E-state index in [0.29, 0.717) is 17.5 Å². The van der Waals surface area contributed by atoms with Crippen molar-refractivity contribution in [1.82, 2.24) is 4.98 Å². The van der Waals surface area contributed by atoms with Crippen LogP contribution in [-0.2, 0) is 0 Å². The zero-order valence-electron chi connectivity index (χ0n) is 10.8. The summed E-state index contributed by atoms with van der Waals surface area (Å²) in [5.74, 6) is 0.0913. The highest BCUT2D eigenvalue weighted by Gasteiger charge is 2.14. The van der Waals surface area contributed by atoms with Gasteiger partial charge in [0, 0.05) is 35.7 Å². The number of nitro groups is 1. The number of fused-ring (bicyclic) bond motifs is 1. The SMILES string of the molecule is CCCCCC(=O)c1c[nH]c2cc([N+](=O)[O-])ccc12. The lowest BCUT2D eigenvalue weighted by Crippen LogP contribution is -1.97. The third kappa shape index (κ3) is 2.81. The molecule has 2 aromatic rings. The highest BCUT2D eigenvalue weighted by atomic mass is 16.6. The number of carbonyl (C=O) groups excluding carboxylic acids is 1. The standard InChI is InChI=1S/C14H16N2O3/c1-2-3-4-5-14(17)12-9-15-13-8-10(16(18)19)6-7-11(12)13/h6-9,15H,2-5H2,1H3. The van der Waals surface area contributed by atoms with E-state index in [2.05, 4.69) is 11.9 Å². The summed E-state index contributed by atoms with van der Waals surface area (Å²) < 4.78 is 0. The van der Waals surface area contributed by atoms with Crippen molar-refractivity contribution in [3.8, 4) is 0 Å². The van der Waals surface area contributed by atoms with E-state index in [9.17, 15) is 14.9 Å². The topological polar surface area (TPSA) is 76.0 Å². The number of nitro benzene ring substituents is 1. The molecule has 1 heterocycles. The molecule has 19 heavy (non-hydrogen) atoms. The molecule has 0 aliphatic carbocycles. The largest absolute Gasteiger partial charge is 0.360 e. The number of benzene rings is 1. The number of hydrogen-bond acceptors (Lipinski definition) is 3. The smallest absolute Gasteiger partial charge is 0.271 e. The van der Waals surface area contributed by atoms with Gasteiger partial charge >= 0.3 is 0 Å². The molecular formula is C14H16N2O3. The Labute approximate surface area is 110 Å². The van der Waals surface area contributed by atoms with Gasteiger partial charge in [-0.2, -0.15) is 0 Å². The number of carbonyl (C=O) groups is 1. The minimum absolute atomic E-state index is 0.0272. The lowest BCUT2D eigenvalue weighted by atomic mass is 10.0. The van der Waals surface area contributed by atoms with Crippen LogP contribution in [0.1, 0.15) is 43.0 Å². The Balaban J connectivity index is 2.25. The summed E-state index contributed by atoms with van der Waals surface area (Å²) in [6, 6.07) is 4.52. The second-order valence-electron chi connectivity index (χ2n) is 4.57. The fourth-order valence-corrected chi connectivity index (χ4v) is 2.13. The van der Waals surface area contributed by atoms with Crippen LogP contribution in [0.4, 0.5) is 5.69 Å². The zero-order chi connectivity index (χ0) is 13.8. The predicted octanol–water partition coefficient (Wildman–Crippen LogP) is 3.84. The van der Waals surface area contributed by atoms with Crippen molar-refractivity contribution in [2.45, 2.75) is 32.6 Å². The molecule has 5 nitrogen and oxygen atoms in total. The molecule has 0 aliphatic heterocycles. The normalized spacial score (nSPS) is 10.8. The van der Waals surface area contributed by atoms with E-state index >= 15 is 0 Å². The van der Waals surface area contributed by atoms with Gasteiger partial charge in [-0.3, -0.25) is 14.9 Å². The van der Waals surface area contributed by atoms with Gasteiger partial charge in [-0.1, -0.05) is 19.8 Å². The summed E-state index contributed by atoms with van der Waals surface area (Å²) in [4.78, 5) is 25.2. The predicted molar refractivity (Wildman–Crippen MR) is 73.4 cm³/mol. The van der Waals surface area contributed by atoms with Gasteiger partial charge in [0.15, 0.2) is 5.78 Å². The first-order valence-corrected chi connectivity index (χ1v) is 6.42. The van der Waals surface area contributed by atoms with E-state index in [1.807, 2.05) is 0 Å². The second kappa shape index (κ2) is 5.65. The summed E-state index contributed by atoms with van der Waals surface area (Å²) in [5.41, 5.74) is 1.29. The number of ketones is 1. The van der Waals surface area contributed by atoms with Crippen LogP contribution in [-0.4, -0.2) is 15.7 Å². The minimum atomic E-state index is -0.441. The van der Waals surface area contributed by atoms with Crippen LogP contribution in [0.15, 0.2) is 24.4 Å². The average molecular weight is 260 g/mol. The van der Waals surface area contributed by atoms with Gasteiger partial charge in [-0.05, 0) is 12.5 Å². The third-order valence-corrected chi connectivity index (χ3v) is 3.18. The molecule has 0 spiro atoms. The van der Waals surface area contributed by atoms with Crippen LogP contribution in [0.25, 0.3) is 10.9 Å². The molecular weight excluding hydrogens is 244 g/mol. The maximum Gasteiger partial charge on any atom is 0.271 e. The van der Waals surface area contributed by atoms with Crippen molar-refractivity contribution in [1.29, 1.82) is 0 Å². The quantitative estimate of drug-likeness (QED) is 0.371. The van der Waals surface area contributed by atoms with E-state index < -0.39 is 4.92 Å². The molecule has 1 N–H and O–H groups in total.